The molecule has 102 valence electrons. The van der Waals surface area contributed by atoms with Crippen molar-refractivity contribution in [2.75, 3.05) is 19.1 Å². The summed E-state index contributed by atoms with van der Waals surface area (Å²) < 4.78 is 5.23. The molecule has 0 radical (unpaired) electrons. The molecule has 0 atom stereocenters. The van der Waals surface area contributed by atoms with Gasteiger partial charge in [-0.1, -0.05) is 24.3 Å². The SMILES string of the molecule is CCc1nc(N(C)c2cccc(OC)c2)sc1CO. The van der Waals surface area contributed by atoms with E-state index in [1.807, 2.05) is 43.1 Å². The van der Waals surface area contributed by atoms with Crippen molar-refractivity contribution in [3.63, 3.8) is 0 Å². The summed E-state index contributed by atoms with van der Waals surface area (Å²) in [4.78, 5) is 7.52. The maximum atomic E-state index is 9.33. The van der Waals surface area contributed by atoms with Crippen molar-refractivity contribution in [1.29, 1.82) is 0 Å². The van der Waals surface area contributed by atoms with Crippen LogP contribution in [0, 0.1) is 0 Å². The van der Waals surface area contributed by atoms with Crippen molar-refractivity contribution in [2.45, 2.75) is 20.0 Å². The molecule has 1 heterocycles. The molecule has 0 saturated carbocycles. The van der Waals surface area contributed by atoms with Crippen LogP contribution in [0.25, 0.3) is 0 Å². The first-order valence-electron chi connectivity index (χ1n) is 6.16. The third-order valence-electron chi connectivity index (χ3n) is 2.97. The first kappa shape index (κ1) is 13.8. The van der Waals surface area contributed by atoms with Gasteiger partial charge in [0.05, 0.1) is 24.3 Å². The molecule has 1 aromatic carbocycles. The number of thiazole rings is 1. The van der Waals surface area contributed by atoms with Gasteiger partial charge in [0.1, 0.15) is 5.75 Å². The first-order chi connectivity index (χ1) is 9.19. The molecule has 2 rings (SSSR count). The lowest BCUT2D eigenvalue weighted by Crippen LogP contribution is -2.09. The predicted octanol–water partition coefficient (Wildman–Crippen LogP) is 2.97. The fraction of sp³-hybridized carbons (Fsp3) is 0.357. The van der Waals surface area contributed by atoms with Crippen LogP contribution in [-0.2, 0) is 13.0 Å². The summed E-state index contributed by atoms with van der Waals surface area (Å²) in [5.41, 5.74) is 1.98. The van der Waals surface area contributed by atoms with E-state index in [0.717, 1.165) is 33.6 Å². The number of hydrogen-bond acceptors (Lipinski definition) is 5. The van der Waals surface area contributed by atoms with Crippen LogP contribution >= 0.6 is 11.3 Å². The molecule has 5 heteroatoms. The third kappa shape index (κ3) is 2.88. The van der Waals surface area contributed by atoms with Crippen molar-refractivity contribution in [1.82, 2.24) is 4.98 Å². The molecule has 0 spiro atoms. The Balaban J connectivity index is 2.32. The molecule has 0 amide bonds. The predicted molar refractivity (Wildman–Crippen MR) is 78.5 cm³/mol. The van der Waals surface area contributed by atoms with Gasteiger partial charge in [0.15, 0.2) is 5.13 Å². The molecule has 2 aromatic rings. The van der Waals surface area contributed by atoms with E-state index in [0.29, 0.717) is 0 Å². The summed E-state index contributed by atoms with van der Waals surface area (Å²) in [5, 5.41) is 10.2. The second-order valence-corrected chi connectivity index (χ2v) is 5.20. The zero-order valence-corrected chi connectivity index (χ0v) is 12.2. The number of rotatable bonds is 5. The number of benzene rings is 1. The highest BCUT2D eigenvalue weighted by Gasteiger charge is 2.13. The van der Waals surface area contributed by atoms with E-state index in [1.54, 1.807) is 7.11 Å². The normalized spacial score (nSPS) is 10.5. The lowest BCUT2D eigenvalue weighted by atomic mass is 10.3. The summed E-state index contributed by atoms with van der Waals surface area (Å²) in [6.45, 7) is 2.09. The fourth-order valence-electron chi connectivity index (χ4n) is 1.84. The van der Waals surface area contributed by atoms with Gasteiger partial charge in [0.2, 0.25) is 0 Å². The zero-order valence-electron chi connectivity index (χ0n) is 11.4. The third-order valence-corrected chi connectivity index (χ3v) is 4.13. The number of nitrogens with zero attached hydrogens (tertiary/aromatic N) is 2. The van der Waals surface area contributed by atoms with Gasteiger partial charge in [-0.25, -0.2) is 4.98 Å². The Morgan fingerprint density at radius 1 is 1.42 bits per heavy atom. The van der Waals surface area contributed by atoms with E-state index in [2.05, 4.69) is 4.98 Å². The molecule has 1 aromatic heterocycles. The standard InChI is InChI=1S/C14H18N2O2S/c1-4-12-13(9-17)19-14(15-12)16(2)10-6-5-7-11(8-10)18-3/h5-8,17H,4,9H2,1-3H3. The molecular formula is C14H18N2O2S. The minimum Gasteiger partial charge on any atom is -0.497 e. The van der Waals surface area contributed by atoms with Crippen LogP contribution in [-0.4, -0.2) is 24.2 Å². The Bertz CT molecular complexity index is 533. The van der Waals surface area contributed by atoms with E-state index in [1.165, 1.54) is 11.3 Å². The molecule has 0 aliphatic heterocycles. The maximum absolute atomic E-state index is 9.33. The van der Waals surface area contributed by atoms with Gasteiger partial charge >= 0.3 is 0 Å². The van der Waals surface area contributed by atoms with Gasteiger partial charge in [-0.2, -0.15) is 0 Å². The minimum atomic E-state index is 0.0484. The summed E-state index contributed by atoms with van der Waals surface area (Å²) in [7, 11) is 3.62. The number of aromatic nitrogens is 1. The molecular weight excluding hydrogens is 260 g/mol. The molecule has 1 N–H and O–H groups in total. The van der Waals surface area contributed by atoms with E-state index >= 15 is 0 Å². The van der Waals surface area contributed by atoms with Crippen LogP contribution in [0.2, 0.25) is 0 Å². The minimum absolute atomic E-state index is 0.0484. The van der Waals surface area contributed by atoms with E-state index < -0.39 is 0 Å². The number of anilines is 2. The molecule has 4 nitrogen and oxygen atoms in total. The number of aliphatic hydroxyl groups is 1. The largest absolute Gasteiger partial charge is 0.497 e. The average molecular weight is 278 g/mol. The lowest BCUT2D eigenvalue weighted by Gasteiger charge is -2.16. The fourth-order valence-corrected chi connectivity index (χ4v) is 2.83. The van der Waals surface area contributed by atoms with Gasteiger partial charge in [-0.05, 0) is 18.6 Å². The van der Waals surface area contributed by atoms with Crippen molar-refractivity contribution in [3.8, 4) is 5.75 Å². The topological polar surface area (TPSA) is 45.6 Å². The highest BCUT2D eigenvalue weighted by molar-refractivity contribution is 7.15. The Morgan fingerprint density at radius 2 is 2.21 bits per heavy atom. The Kier molecular flexibility index (Phi) is 4.39. The second-order valence-electron chi connectivity index (χ2n) is 4.14. The molecule has 0 unspecified atom stereocenters. The number of hydrogen-bond donors (Lipinski definition) is 1. The highest BCUT2D eigenvalue weighted by atomic mass is 32.1. The number of ether oxygens (including phenoxy) is 1. The Hall–Kier alpha value is -1.59. The van der Waals surface area contributed by atoms with Gasteiger partial charge in [0, 0.05) is 18.8 Å². The van der Waals surface area contributed by atoms with E-state index in [-0.39, 0.29) is 6.61 Å². The summed E-state index contributed by atoms with van der Waals surface area (Å²) in [5.74, 6) is 0.819. The van der Waals surface area contributed by atoms with Crippen molar-refractivity contribution < 1.29 is 9.84 Å². The van der Waals surface area contributed by atoms with E-state index in [4.69, 9.17) is 4.74 Å². The summed E-state index contributed by atoms with van der Waals surface area (Å²) in [6.07, 6.45) is 0.832. The Labute approximate surface area is 117 Å². The number of aliphatic hydroxyl groups excluding tert-OH is 1. The lowest BCUT2D eigenvalue weighted by molar-refractivity contribution is 0.284. The van der Waals surface area contributed by atoms with Crippen LogP contribution in [0.1, 0.15) is 17.5 Å². The van der Waals surface area contributed by atoms with Gasteiger partial charge in [0.25, 0.3) is 0 Å². The van der Waals surface area contributed by atoms with Crippen molar-refractivity contribution in [3.05, 3.63) is 34.8 Å². The Morgan fingerprint density at radius 3 is 2.79 bits per heavy atom. The number of methoxy groups -OCH3 is 1. The highest BCUT2D eigenvalue weighted by Crippen LogP contribution is 2.32. The maximum Gasteiger partial charge on any atom is 0.190 e. The van der Waals surface area contributed by atoms with Gasteiger partial charge < -0.3 is 14.7 Å². The molecule has 0 aliphatic carbocycles. The van der Waals surface area contributed by atoms with Crippen LogP contribution < -0.4 is 9.64 Å². The van der Waals surface area contributed by atoms with Gasteiger partial charge in [-0.15, -0.1) is 0 Å². The summed E-state index contributed by atoms with van der Waals surface area (Å²) >= 11 is 1.52. The zero-order chi connectivity index (χ0) is 13.8. The monoisotopic (exact) mass is 278 g/mol. The van der Waals surface area contributed by atoms with Crippen molar-refractivity contribution >= 4 is 22.2 Å². The smallest absolute Gasteiger partial charge is 0.190 e. The quantitative estimate of drug-likeness (QED) is 0.913. The van der Waals surface area contributed by atoms with Crippen LogP contribution in [0.3, 0.4) is 0 Å². The number of aryl methyl sites for hydroxylation is 1. The van der Waals surface area contributed by atoms with Crippen LogP contribution in [0.15, 0.2) is 24.3 Å². The first-order valence-corrected chi connectivity index (χ1v) is 6.98. The molecule has 19 heavy (non-hydrogen) atoms. The van der Waals surface area contributed by atoms with Crippen LogP contribution in [0.5, 0.6) is 5.75 Å². The molecule has 0 saturated heterocycles. The molecule has 0 fully saturated rings. The molecule has 0 aliphatic rings. The van der Waals surface area contributed by atoms with Crippen molar-refractivity contribution in [2.24, 2.45) is 0 Å². The average Bonchev–Trinajstić information content (AvgIpc) is 2.89. The molecule has 0 bridgehead atoms. The van der Waals surface area contributed by atoms with Crippen LogP contribution in [0.4, 0.5) is 10.8 Å². The second kappa shape index (κ2) is 6.04. The van der Waals surface area contributed by atoms with E-state index in [9.17, 15) is 5.11 Å². The van der Waals surface area contributed by atoms with Gasteiger partial charge in [-0.3, -0.25) is 0 Å². The summed E-state index contributed by atoms with van der Waals surface area (Å²) in [6, 6.07) is 7.83.